The predicted octanol–water partition coefficient (Wildman–Crippen LogP) is 2.14. The summed E-state index contributed by atoms with van der Waals surface area (Å²) in [6.45, 7) is 2.97. The number of carbonyl (C=O) groups is 2. The van der Waals surface area contributed by atoms with E-state index in [2.05, 4.69) is 0 Å². The third-order valence-corrected chi connectivity index (χ3v) is 5.85. The van der Waals surface area contributed by atoms with E-state index < -0.39 is 11.4 Å². The Bertz CT molecular complexity index is 408. The van der Waals surface area contributed by atoms with Gasteiger partial charge in [-0.3, -0.25) is 9.59 Å². The first kappa shape index (κ1) is 12.9. The van der Waals surface area contributed by atoms with Gasteiger partial charge in [0.2, 0.25) is 5.91 Å². The molecular formula is C15H23NO3. The van der Waals surface area contributed by atoms with Gasteiger partial charge in [-0.15, -0.1) is 0 Å². The molecule has 4 heteroatoms. The van der Waals surface area contributed by atoms with Gasteiger partial charge < -0.3 is 10.0 Å². The lowest BCUT2D eigenvalue weighted by Gasteiger charge is -2.28. The summed E-state index contributed by atoms with van der Waals surface area (Å²) >= 11 is 0. The maximum Gasteiger partial charge on any atom is 0.311 e. The predicted molar refractivity (Wildman–Crippen MR) is 70.5 cm³/mol. The van der Waals surface area contributed by atoms with E-state index in [1.54, 1.807) is 0 Å². The minimum Gasteiger partial charge on any atom is -0.481 e. The molecule has 3 fully saturated rings. The van der Waals surface area contributed by atoms with Gasteiger partial charge in [-0.2, -0.15) is 0 Å². The summed E-state index contributed by atoms with van der Waals surface area (Å²) in [5, 5.41) is 9.40. The van der Waals surface area contributed by atoms with Gasteiger partial charge in [-0.25, -0.2) is 0 Å². The van der Waals surface area contributed by atoms with E-state index in [0.29, 0.717) is 31.8 Å². The Morgan fingerprint density at radius 3 is 2.58 bits per heavy atom. The lowest BCUT2D eigenvalue weighted by Crippen LogP contribution is -2.40. The molecule has 106 valence electrons. The maximum absolute atomic E-state index is 12.6. The molecule has 3 aliphatic rings. The molecule has 0 aromatic carbocycles. The van der Waals surface area contributed by atoms with Crippen LogP contribution in [0.3, 0.4) is 0 Å². The molecule has 0 aromatic heterocycles. The Hall–Kier alpha value is -1.06. The van der Waals surface area contributed by atoms with E-state index in [0.717, 1.165) is 12.3 Å². The van der Waals surface area contributed by atoms with E-state index in [1.165, 1.54) is 19.3 Å². The van der Waals surface area contributed by atoms with Gasteiger partial charge in [0.05, 0.1) is 5.41 Å². The van der Waals surface area contributed by atoms with Crippen molar-refractivity contribution in [2.24, 2.45) is 23.2 Å². The lowest BCUT2D eigenvalue weighted by atomic mass is 9.84. The van der Waals surface area contributed by atoms with Crippen molar-refractivity contribution >= 4 is 11.9 Å². The van der Waals surface area contributed by atoms with Crippen molar-refractivity contribution in [1.82, 2.24) is 4.90 Å². The van der Waals surface area contributed by atoms with Crippen molar-refractivity contribution in [3.63, 3.8) is 0 Å². The molecule has 2 aliphatic carbocycles. The highest BCUT2D eigenvalue weighted by Crippen LogP contribution is 2.49. The molecule has 0 aromatic rings. The van der Waals surface area contributed by atoms with Crippen LogP contribution in [-0.4, -0.2) is 35.0 Å². The van der Waals surface area contributed by atoms with Crippen LogP contribution in [0.2, 0.25) is 0 Å². The van der Waals surface area contributed by atoms with Crippen molar-refractivity contribution in [1.29, 1.82) is 0 Å². The highest BCUT2D eigenvalue weighted by Gasteiger charge is 2.49. The molecule has 4 atom stereocenters. The van der Waals surface area contributed by atoms with Crippen molar-refractivity contribution in [2.45, 2.75) is 45.4 Å². The van der Waals surface area contributed by atoms with Crippen LogP contribution < -0.4 is 0 Å². The number of hydrogen-bond acceptors (Lipinski definition) is 2. The number of carbonyl (C=O) groups excluding carboxylic acids is 1. The Morgan fingerprint density at radius 2 is 2.11 bits per heavy atom. The normalized spacial score (nSPS) is 40.9. The number of carboxylic acids is 1. The van der Waals surface area contributed by atoms with Crippen LogP contribution in [0, 0.1) is 23.2 Å². The van der Waals surface area contributed by atoms with Crippen LogP contribution >= 0.6 is 0 Å². The van der Waals surface area contributed by atoms with Gasteiger partial charge in [0.1, 0.15) is 0 Å². The highest BCUT2D eigenvalue weighted by atomic mass is 16.4. The van der Waals surface area contributed by atoms with Gasteiger partial charge in [-0.05, 0) is 43.9 Å². The standard InChI is InChI=1S/C15H23NO3/c1-2-15(14(18)19)5-6-16(9-15)13(17)12-8-10-3-4-11(12)7-10/h10-12H,2-9H2,1H3,(H,18,19). The zero-order valence-corrected chi connectivity index (χ0v) is 11.6. The summed E-state index contributed by atoms with van der Waals surface area (Å²) in [7, 11) is 0. The topological polar surface area (TPSA) is 57.6 Å². The number of likely N-dealkylation sites (tertiary alicyclic amines) is 1. The van der Waals surface area contributed by atoms with Crippen molar-refractivity contribution in [3.05, 3.63) is 0 Å². The number of aliphatic carboxylic acids is 1. The molecule has 1 amide bonds. The Balaban J connectivity index is 1.68. The summed E-state index contributed by atoms with van der Waals surface area (Å²) in [5.74, 6) is 1.04. The number of carboxylic acid groups (broad SMARTS) is 1. The van der Waals surface area contributed by atoms with Gasteiger partial charge in [0.15, 0.2) is 0 Å². The SMILES string of the molecule is CCC1(C(=O)O)CCN(C(=O)C2CC3CCC2C3)C1. The monoisotopic (exact) mass is 265 g/mol. The summed E-state index contributed by atoms with van der Waals surface area (Å²) in [6, 6.07) is 0. The van der Waals surface area contributed by atoms with Crippen LogP contribution in [0.5, 0.6) is 0 Å². The molecule has 19 heavy (non-hydrogen) atoms. The van der Waals surface area contributed by atoms with Gasteiger partial charge >= 0.3 is 5.97 Å². The quantitative estimate of drug-likeness (QED) is 0.850. The fourth-order valence-electron chi connectivity index (χ4n) is 4.46. The molecule has 3 rings (SSSR count). The van der Waals surface area contributed by atoms with E-state index in [-0.39, 0.29) is 11.8 Å². The number of fused-ring (bicyclic) bond motifs is 2. The van der Waals surface area contributed by atoms with E-state index in [1.807, 2.05) is 11.8 Å². The Morgan fingerprint density at radius 1 is 1.32 bits per heavy atom. The Labute approximate surface area is 114 Å². The molecule has 1 saturated heterocycles. The van der Waals surface area contributed by atoms with Crippen LogP contribution in [-0.2, 0) is 9.59 Å². The van der Waals surface area contributed by atoms with Crippen LogP contribution in [0.25, 0.3) is 0 Å². The highest BCUT2D eigenvalue weighted by molar-refractivity contribution is 5.82. The third kappa shape index (κ3) is 1.96. The molecule has 0 radical (unpaired) electrons. The van der Waals surface area contributed by atoms with Crippen molar-refractivity contribution in [3.8, 4) is 0 Å². The first-order valence-electron chi connectivity index (χ1n) is 7.58. The molecule has 4 unspecified atom stereocenters. The average molecular weight is 265 g/mol. The van der Waals surface area contributed by atoms with Gasteiger partial charge in [0, 0.05) is 19.0 Å². The first-order valence-corrected chi connectivity index (χ1v) is 7.58. The molecule has 2 saturated carbocycles. The largest absolute Gasteiger partial charge is 0.481 e. The molecule has 1 aliphatic heterocycles. The van der Waals surface area contributed by atoms with Crippen LogP contribution in [0.15, 0.2) is 0 Å². The molecule has 4 nitrogen and oxygen atoms in total. The Kier molecular flexibility index (Phi) is 3.06. The number of amides is 1. The van der Waals surface area contributed by atoms with E-state index >= 15 is 0 Å². The second-order valence-electron chi connectivity index (χ2n) is 6.73. The van der Waals surface area contributed by atoms with Crippen molar-refractivity contribution < 1.29 is 14.7 Å². The lowest BCUT2D eigenvalue weighted by molar-refractivity contribution is -0.149. The van der Waals surface area contributed by atoms with Crippen molar-refractivity contribution in [2.75, 3.05) is 13.1 Å². The minimum absolute atomic E-state index is 0.195. The summed E-state index contributed by atoms with van der Waals surface area (Å²) in [5.41, 5.74) is -0.687. The molecular weight excluding hydrogens is 242 g/mol. The number of hydrogen-bond donors (Lipinski definition) is 1. The number of nitrogens with zero attached hydrogens (tertiary/aromatic N) is 1. The molecule has 0 spiro atoms. The fraction of sp³-hybridized carbons (Fsp3) is 0.867. The van der Waals surface area contributed by atoms with Gasteiger partial charge in [0.25, 0.3) is 0 Å². The second kappa shape index (κ2) is 4.50. The van der Waals surface area contributed by atoms with E-state index in [9.17, 15) is 14.7 Å². The maximum atomic E-state index is 12.6. The summed E-state index contributed by atoms with van der Waals surface area (Å²) in [4.78, 5) is 25.9. The molecule has 1 heterocycles. The third-order valence-electron chi connectivity index (χ3n) is 5.85. The molecule has 1 N–H and O–H groups in total. The van der Waals surface area contributed by atoms with Crippen LogP contribution in [0.1, 0.15) is 45.4 Å². The van der Waals surface area contributed by atoms with Crippen LogP contribution in [0.4, 0.5) is 0 Å². The summed E-state index contributed by atoms with van der Waals surface area (Å²) < 4.78 is 0. The fourth-order valence-corrected chi connectivity index (χ4v) is 4.46. The smallest absolute Gasteiger partial charge is 0.311 e. The first-order chi connectivity index (χ1) is 9.05. The zero-order chi connectivity index (χ0) is 13.6. The second-order valence-corrected chi connectivity index (χ2v) is 6.73. The van der Waals surface area contributed by atoms with Gasteiger partial charge in [-0.1, -0.05) is 13.3 Å². The number of rotatable bonds is 3. The average Bonchev–Trinajstić information content (AvgIpc) is 3.12. The van der Waals surface area contributed by atoms with E-state index in [4.69, 9.17) is 0 Å². The summed E-state index contributed by atoms with van der Waals surface area (Å²) in [6.07, 6.45) is 6.00. The molecule has 2 bridgehead atoms. The zero-order valence-electron chi connectivity index (χ0n) is 11.6. The minimum atomic E-state index is -0.738.